The average Bonchev–Trinajstić information content (AvgIpc) is 3.36. The SMILES string of the molecule is Cc1nn(Cc2cccc(NC(=O)c3ccc(COc4cccc(Cl)c4Cl)o3)c2)c(C)c1Br. The first-order chi connectivity index (χ1) is 15.8. The smallest absolute Gasteiger partial charge is 0.291 e. The molecule has 0 aliphatic carbocycles. The summed E-state index contributed by atoms with van der Waals surface area (Å²) in [4.78, 5) is 12.7. The average molecular weight is 549 g/mol. The van der Waals surface area contributed by atoms with Crippen LogP contribution in [0.4, 0.5) is 5.69 Å². The third kappa shape index (κ3) is 5.43. The van der Waals surface area contributed by atoms with E-state index in [1.807, 2.05) is 42.8 Å². The van der Waals surface area contributed by atoms with E-state index in [0.717, 1.165) is 21.4 Å². The Kier molecular flexibility index (Phi) is 7.12. The quantitative estimate of drug-likeness (QED) is 0.269. The van der Waals surface area contributed by atoms with Crippen LogP contribution in [0.25, 0.3) is 0 Å². The van der Waals surface area contributed by atoms with Gasteiger partial charge < -0.3 is 14.5 Å². The largest absolute Gasteiger partial charge is 0.484 e. The summed E-state index contributed by atoms with van der Waals surface area (Å²) in [6.07, 6.45) is 0. The highest BCUT2D eigenvalue weighted by molar-refractivity contribution is 9.10. The molecule has 0 aliphatic heterocycles. The van der Waals surface area contributed by atoms with Crippen molar-refractivity contribution in [1.82, 2.24) is 9.78 Å². The van der Waals surface area contributed by atoms with E-state index in [1.54, 1.807) is 30.3 Å². The van der Waals surface area contributed by atoms with Gasteiger partial charge in [0.05, 0.1) is 27.4 Å². The molecule has 1 amide bonds. The van der Waals surface area contributed by atoms with Gasteiger partial charge in [0.1, 0.15) is 23.1 Å². The molecule has 0 spiro atoms. The summed E-state index contributed by atoms with van der Waals surface area (Å²) in [6, 6.07) is 16.0. The molecule has 0 saturated heterocycles. The number of amides is 1. The maximum atomic E-state index is 12.7. The van der Waals surface area contributed by atoms with Gasteiger partial charge in [-0.25, -0.2) is 0 Å². The van der Waals surface area contributed by atoms with Crippen LogP contribution in [0.3, 0.4) is 0 Å². The number of benzene rings is 2. The van der Waals surface area contributed by atoms with E-state index in [4.69, 9.17) is 32.4 Å². The Morgan fingerprint density at radius 2 is 1.94 bits per heavy atom. The fraction of sp³-hybridized carbons (Fsp3) is 0.167. The third-order valence-electron chi connectivity index (χ3n) is 4.98. The van der Waals surface area contributed by atoms with E-state index in [0.29, 0.717) is 33.8 Å². The van der Waals surface area contributed by atoms with Crippen molar-refractivity contribution >= 4 is 50.7 Å². The summed E-state index contributed by atoms with van der Waals surface area (Å²) in [7, 11) is 0. The van der Waals surface area contributed by atoms with Crippen molar-refractivity contribution in [2.24, 2.45) is 0 Å². The van der Waals surface area contributed by atoms with Crippen LogP contribution in [0, 0.1) is 13.8 Å². The van der Waals surface area contributed by atoms with E-state index < -0.39 is 0 Å². The number of carbonyl (C=O) groups is 1. The van der Waals surface area contributed by atoms with Crippen molar-refractivity contribution in [3.63, 3.8) is 0 Å². The molecule has 2 aromatic carbocycles. The van der Waals surface area contributed by atoms with E-state index in [9.17, 15) is 4.79 Å². The molecule has 4 aromatic rings. The van der Waals surface area contributed by atoms with Crippen LogP contribution in [-0.4, -0.2) is 15.7 Å². The van der Waals surface area contributed by atoms with E-state index in [1.165, 1.54) is 0 Å². The number of aromatic nitrogens is 2. The second-order valence-corrected chi connectivity index (χ2v) is 8.98. The molecule has 0 bridgehead atoms. The van der Waals surface area contributed by atoms with Gasteiger partial charge in [0.15, 0.2) is 5.76 Å². The van der Waals surface area contributed by atoms with Crippen molar-refractivity contribution in [2.75, 3.05) is 5.32 Å². The Bertz CT molecular complexity index is 1320. The zero-order valence-corrected chi connectivity index (χ0v) is 21.0. The number of nitrogens with one attached hydrogen (secondary N) is 1. The Morgan fingerprint density at radius 3 is 2.70 bits per heavy atom. The molecular formula is C24H20BrCl2N3O3. The minimum Gasteiger partial charge on any atom is -0.484 e. The molecule has 4 rings (SSSR count). The monoisotopic (exact) mass is 547 g/mol. The zero-order valence-electron chi connectivity index (χ0n) is 17.9. The van der Waals surface area contributed by atoms with Crippen LogP contribution in [0.2, 0.25) is 10.0 Å². The molecular weight excluding hydrogens is 529 g/mol. The molecule has 2 aromatic heterocycles. The number of hydrogen-bond acceptors (Lipinski definition) is 4. The molecule has 170 valence electrons. The number of rotatable bonds is 7. The summed E-state index contributed by atoms with van der Waals surface area (Å²) in [6.45, 7) is 4.67. The van der Waals surface area contributed by atoms with Gasteiger partial charge in [0, 0.05) is 5.69 Å². The topological polar surface area (TPSA) is 69.3 Å². The first-order valence-corrected chi connectivity index (χ1v) is 11.6. The molecule has 33 heavy (non-hydrogen) atoms. The van der Waals surface area contributed by atoms with Crippen LogP contribution in [-0.2, 0) is 13.2 Å². The second kappa shape index (κ2) is 10.0. The Morgan fingerprint density at radius 1 is 1.15 bits per heavy atom. The molecule has 0 atom stereocenters. The predicted octanol–water partition coefficient (Wildman–Crippen LogP) is 7.04. The second-order valence-electron chi connectivity index (χ2n) is 7.40. The number of halogens is 3. The summed E-state index contributed by atoms with van der Waals surface area (Å²) >= 11 is 15.7. The lowest BCUT2D eigenvalue weighted by atomic mass is 10.2. The van der Waals surface area contributed by atoms with Crippen LogP contribution in [0.1, 0.15) is 33.3 Å². The summed E-state index contributed by atoms with van der Waals surface area (Å²) in [5, 5.41) is 8.14. The minimum absolute atomic E-state index is 0.112. The molecule has 0 unspecified atom stereocenters. The van der Waals surface area contributed by atoms with Crippen LogP contribution in [0.5, 0.6) is 5.75 Å². The number of anilines is 1. The molecule has 0 saturated carbocycles. The van der Waals surface area contributed by atoms with Crippen LogP contribution in [0.15, 0.2) is 63.5 Å². The van der Waals surface area contributed by atoms with Crippen LogP contribution < -0.4 is 10.1 Å². The van der Waals surface area contributed by atoms with Crippen molar-refractivity contribution in [3.8, 4) is 5.75 Å². The lowest BCUT2D eigenvalue weighted by molar-refractivity contribution is 0.0992. The van der Waals surface area contributed by atoms with Gasteiger partial charge in [0.2, 0.25) is 0 Å². The molecule has 0 radical (unpaired) electrons. The van der Waals surface area contributed by atoms with Gasteiger partial charge in [-0.15, -0.1) is 0 Å². The van der Waals surface area contributed by atoms with Gasteiger partial charge in [-0.1, -0.05) is 41.4 Å². The van der Waals surface area contributed by atoms with E-state index in [-0.39, 0.29) is 18.3 Å². The highest BCUT2D eigenvalue weighted by atomic mass is 79.9. The first kappa shape index (κ1) is 23.4. The summed E-state index contributed by atoms with van der Waals surface area (Å²) in [5.74, 6) is 0.754. The van der Waals surface area contributed by atoms with Gasteiger partial charge in [-0.2, -0.15) is 5.10 Å². The Balaban J connectivity index is 1.39. The fourth-order valence-electron chi connectivity index (χ4n) is 3.26. The van der Waals surface area contributed by atoms with Crippen molar-refractivity contribution in [1.29, 1.82) is 0 Å². The normalized spacial score (nSPS) is 10.9. The maximum absolute atomic E-state index is 12.7. The third-order valence-corrected chi connectivity index (χ3v) is 6.93. The first-order valence-electron chi connectivity index (χ1n) is 10.1. The van der Waals surface area contributed by atoms with E-state index >= 15 is 0 Å². The highest BCUT2D eigenvalue weighted by Gasteiger charge is 2.14. The van der Waals surface area contributed by atoms with Crippen molar-refractivity contribution < 1.29 is 13.9 Å². The molecule has 1 N–H and O–H groups in total. The molecule has 0 aliphatic rings. The van der Waals surface area contributed by atoms with Gasteiger partial charge in [-0.05, 0) is 71.7 Å². The highest BCUT2D eigenvalue weighted by Crippen LogP contribution is 2.32. The summed E-state index contributed by atoms with van der Waals surface area (Å²) < 4.78 is 14.2. The summed E-state index contributed by atoms with van der Waals surface area (Å²) in [5.41, 5.74) is 3.66. The molecule has 0 fully saturated rings. The van der Waals surface area contributed by atoms with Gasteiger partial charge >= 0.3 is 0 Å². The Labute approximate surface area is 209 Å². The predicted molar refractivity (Wildman–Crippen MR) is 132 cm³/mol. The zero-order chi connectivity index (χ0) is 23.5. The minimum atomic E-state index is -0.354. The number of furan rings is 1. The number of hydrogen-bond donors (Lipinski definition) is 1. The molecule has 2 heterocycles. The van der Waals surface area contributed by atoms with Gasteiger partial charge in [-0.3, -0.25) is 9.48 Å². The lowest BCUT2D eigenvalue weighted by Crippen LogP contribution is -2.11. The fourth-order valence-corrected chi connectivity index (χ4v) is 3.89. The number of carbonyl (C=O) groups excluding carboxylic acids is 1. The number of nitrogens with zero attached hydrogens (tertiary/aromatic N) is 2. The molecule has 9 heteroatoms. The Hall–Kier alpha value is -2.74. The van der Waals surface area contributed by atoms with E-state index in [2.05, 4.69) is 26.3 Å². The lowest BCUT2D eigenvalue weighted by Gasteiger charge is -2.08. The number of aryl methyl sites for hydroxylation is 1. The van der Waals surface area contributed by atoms with Gasteiger partial charge in [0.25, 0.3) is 5.91 Å². The van der Waals surface area contributed by atoms with Crippen LogP contribution >= 0.6 is 39.1 Å². The molecule has 6 nitrogen and oxygen atoms in total. The maximum Gasteiger partial charge on any atom is 0.291 e. The van der Waals surface area contributed by atoms with Crippen molar-refractivity contribution in [2.45, 2.75) is 27.0 Å². The number of ether oxygens (including phenoxy) is 1. The van der Waals surface area contributed by atoms with Crippen molar-refractivity contribution in [3.05, 3.63) is 97.6 Å². The standard InChI is InChI=1S/C24H20BrCl2N3O3/c1-14-22(25)15(2)30(29-14)12-16-5-3-6-17(11-16)28-24(31)21-10-9-18(33-21)13-32-20-8-4-7-19(26)23(20)27/h3-11H,12-13H2,1-2H3,(H,28,31).